The van der Waals surface area contributed by atoms with Crippen molar-refractivity contribution in [3.63, 3.8) is 0 Å². The van der Waals surface area contributed by atoms with Crippen LogP contribution in [0.5, 0.6) is 0 Å². The second-order valence-electron chi connectivity index (χ2n) is 3.32. The van der Waals surface area contributed by atoms with Crippen LogP contribution in [-0.2, 0) is 4.79 Å². The van der Waals surface area contributed by atoms with Gasteiger partial charge in [0.05, 0.1) is 12.0 Å². The largest absolute Gasteiger partial charge is 0.481 e. The first-order chi connectivity index (χ1) is 5.42. The summed E-state index contributed by atoms with van der Waals surface area (Å²) in [5.41, 5.74) is -0.629. The topological polar surface area (TPSA) is 57.5 Å². The molecule has 0 unspecified atom stereocenters. The maximum Gasteiger partial charge on any atom is 0.304 e. The maximum atomic E-state index is 10.1. The van der Waals surface area contributed by atoms with Crippen LogP contribution in [0.15, 0.2) is 0 Å². The summed E-state index contributed by atoms with van der Waals surface area (Å²) in [5.74, 6) is 0.688. The molecule has 0 spiro atoms. The van der Waals surface area contributed by atoms with Crippen molar-refractivity contribution in [1.82, 2.24) is 0 Å². The third kappa shape index (κ3) is 9.78. The average molecular weight is 192 g/mol. The fourth-order valence-corrected chi connectivity index (χ4v) is 1.75. The molecule has 0 radical (unpaired) electrons. The van der Waals surface area contributed by atoms with Crippen LogP contribution in [0.25, 0.3) is 0 Å². The van der Waals surface area contributed by atoms with Crippen molar-refractivity contribution in [2.24, 2.45) is 0 Å². The fourth-order valence-electron chi connectivity index (χ4n) is 0.583. The number of carbonyl (C=O) groups is 1. The van der Waals surface area contributed by atoms with Crippen LogP contribution < -0.4 is 0 Å². The zero-order valence-electron chi connectivity index (χ0n) is 7.54. The summed E-state index contributed by atoms with van der Waals surface area (Å²) in [6.45, 7) is 3.51. The highest BCUT2D eigenvalue weighted by Crippen LogP contribution is 2.13. The molecule has 2 N–H and O–H groups in total. The van der Waals surface area contributed by atoms with Gasteiger partial charge in [-0.25, -0.2) is 0 Å². The first-order valence-corrected chi connectivity index (χ1v) is 5.09. The second-order valence-corrected chi connectivity index (χ2v) is 4.54. The Bertz CT molecular complexity index is 140. The lowest BCUT2D eigenvalue weighted by molar-refractivity contribution is -0.136. The number of hydrogen-bond acceptors (Lipinski definition) is 3. The molecule has 0 aliphatic heterocycles. The standard InChI is InChI=1S/C8H16O3S/c1-8(2,11)4-6-12-5-3-7(9)10/h11H,3-6H2,1-2H3,(H,9,10). The molecule has 0 aromatic carbocycles. The lowest BCUT2D eigenvalue weighted by Crippen LogP contribution is -2.19. The Morgan fingerprint density at radius 2 is 2.00 bits per heavy atom. The van der Waals surface area contributed by atoms with Crippen molar-refractivity contribution in [3.05, 3.63) is 0 Å². The van der Waals surface area contributed by atoms with Crippen LogP contribution in [0.1, 0.15) is 26.7 Å². The van der Waals surface area contributed by atoms with E-state index in [1.54, 1.807) is 25.6 Å². The SMILES string of the molecule is CC(C)(O)CCSCCC(=O)O. The van der Waals surface area contributed by atoms with Gasteiger partial charge in [-0.05, 0) is 26.0 Å². The van der Waals surface area contributed by atoms with Gasteiger partial charge in [-0.15, -0.1) is 0 Å². The molecule has 0 aliphatic rings. The van der Waals surface area contributed by atoms with Crippen LogP contribution in [0.4, 0.5) is 0 Å². The van der Waals surface area contributed by atoms with E-state index in [9.17, 15) is 9.90 Å². The molecule has 0 fully saturated rings. The monoisotopic (exact) mass is 192 g/mol. The molecule has 12 heavy (non-hydrogen) atoms. The number of aliphatic carboxylic acids is 1. The highest BCUT2D eigenvalue weighted by molar-refractivity contribution is 7.99. The minimum absolute atomic E-state index is 0.205. The molecule has 0 bridgehead atoms. The van der Waals surface area contributed by atoms with E-state index in [-0.39, 0.29) is 6.42 Å². The minimum atomic E-state index is -0.759. The summed E-state index contributed by atoms with van der Waals surface area (Å²) in [4.78, 5) is 10.1. The summed E-state index contributed by atoms with van der Waals surface area (Å²) in [6, 6.07) is 0. The molecule has 0 saturated heterocycles. The summed E-state index contributed by atoms with van der Waals surface area (Å²) in [7, 11) is 0. The van der Waals surface area contributed by atoms with Crippen molar-refractivity contribution < 1.29 is 15.0 Å². The molecule has 0 aromatic rings. The molecule has 72 valence electrons. The molecule has 0 amide bonds. The van der Waals surface area contributed by atoms with Gasteiger partial charge < -0.3 is 10.2 Å². The Kier molecular flexibility index (Phi) is 5.33. The molecular formula is C8H16O3S. The van der Waals surface area contributed by atoms with Gasteiger partial charge in [0.2, 0.25) is 0 Å². The molecule has 0 aliphatic carbocycles. The van der Waals surface area contributed by atoms with Gasteiger partial charge in [0.15, 0.2) is 0 Å². The Morgan fingerprint density at radius 3 is 2.42 bits per heavy atom. The highest BCUT2D eigenvalue weighted by Gasteiger charge is 2.11. The van der Waals surface area contributed by atoms with Crippen molar-refractivity contribution >= 4 is 17.7 Å². The van der Waals surface area contributed by atoms with Crippen LogP contribution in [0, 0.1) is 0 Å². The smallest absolute Gasteiger partial charge is 0.304 e. The highest BCUT2D eigenvalue weighted by atomic mass is 32.2. The molecular weight excluding hydrogens is 176 g/mol. The Morgan fingerprint density at radius 1 is 1.42 bits per heavy atom. The normalized spacial score (nSPS) is 11.6. The zero-order valence-corrected chi connectivity index (χ0v) is 8.36. The van der Waals surface area contributed by atoms with E-state index in [1.165, 1.54) is 0 Å². The van der Waals surface area contributed by atoms with Crippen molar-refractivity contribution in [1.29, 1.82) is 0 Å². The van der Waals surface area contributed by atoms with Gasteiger partial charge in [0.1, 0.15) is 0 Å². The fraction of sp³-hybridized carbons (Fsp3) is 0.875. The molecule has 0 saturated carbocycles. The molecule has 0 heterocycles. The number of thioether (sulfide) groups is 1. The molecule has 3 nitrogen and oxygen atoms in total. The molecule has 0 atom stereocenters. The third-order valence-corrected chi connectivity index (χ3v) is 2.30. The molecule has 0 rings (SSSR count). The van der Waals surface area contributed by atoms with E-state index in [4.69, 9.17) is 5.11 Å². The van der Waals surface area contributed by atoms with E-state index in [2.05, 4.69) is 0 Å². The summed E-state index contributed by atoms with van der Waals surface area (Å²) < 4.78 is 0. The lowest BCUT2D eigenvalue weighted by Gasteiger charge is -2.15. The Balaban J connectivity index is 3.17. The third-order valence-electron chi connectivity index (χ3n) is 1.32. The summed E-state index contributed by atoms with van der Waals surface area (Å²) in [5, 5.41) is 17.6. The summed E-state index contributed by atoms with van der Waals surface area (Å²) in [6.07, 6.45) is 0.911. The second kappa shape index (κ2) is 5.43. The predicted octanol–water partition coefficient (Wildman–Crippen LogP) is 1.36. The molecule has 0 aromatic heterocycles. The van der Waals surface area contributed by atoms with Gasteiger partial charge in [-0.1, -0.05) is 0 Å². The van der Waals surface area contributed by atoms with Crippen molar-refractivity contribution in [2.45, 2.75) is 32.3 Å². The first kappa shape index (κ1) is 11.8. The minimum Gasteiger partial charge on any atom is -0.481 e. The van der Waals surface area contributed by atoms with Crippen LogP contribution in [0.3, 0.4) is 0 Å². The van der Waals surface area contributed by atoms with Crippen LogP contribution in [-0.4, -0.2) is 33.3 Å². The van der Waals surface area contributed by atoms with Gasteiger partial charge >= 0.3 is 5.97 Å². The average Bonchev–Trinajstić information content (AvgIpc) is 1.83. The lowest BCUT2D eigenvalue weighted by atomic mass is 10.1. The van der Waals surface area contributed by atoms with Gasteiger partial charge in [-0.2, -0.15) is 11.8 Å². The summed E-state index contributed by atoms with van der Waals surface area (Å²) >= 11 is 1.57. The van der Waals surface area contributed by atoms with E-state index < -0.39 is 11.6 Å². The Labute approximate surface area is 77.2 Å². The van der Waals surface area contributed by atoms with Crippen LogP contribution >= 0.6 is 11.8 Å². The number of aliphatic hydroxyl groups is 1. The number of carboxylic acids is 1. The van der Waals surface area contributed by atoms with Crippen molar-refractivity contribution in [3.8, 4) is 0 Å². The van der Waals surface area contributed by atoms with E-state index >= 15 is 0 Å². The molecule has 4 heteroatoms. The predicted molar refractivity (Wildman–Crippen MR) is 50.5 cm³/mol. The first-order valence-electron chi connectivity index (χ1n) is 3.94. The van der Waals surface area contributed by atoms with E-state index in [0.717, 1.165) is 5.75 Å². The van der Waals surface area contributed by atoms with E-state index in [0.29, 0.717) is 12.2 Å². The van der Waals surface area contributed by atoms with Gasteiger partial charge in [0, 0.05) is 5.75 Å². The van der Waals surface area contributed by atoms with Crippen molar-refractivity contribution in [2.75, 3.05) is 11.5 Å². The number of carboxylic acid groups (broad SMARTS) is 1. The maximum absolute atomic E-state index is 10.1. The number of rotatable bonds is 6. The van der Waals surface area contributed by atoms with Gasteiger partial charge in [0.25, 0.3) is 0 Å². The van der Waals surface area contributed by atoms with Crippen LogP contribution in [0.2, 0.25) is 0 Å². The quantitative estimate of drug-likeness (QED) is 0.624. The zero-order chi connectivity index (χ0) is 9.61. The Hall–Kier alpha value is -0.220. The van der Waals surface area contributed by atoms with E-state index in [1.807, 2.05) is 0 Å². The number of hydrogen-bond donors (Lipinski definition) is 2. The van der Waals surface area contributed by atoms with Gasteiger partial charge in [-0.3, -0.25) is 4.79 Å².